The molecule has 5 heteroatoms. The maximum Gasteiger partial charge on any atom is 0.128 e. The molecule has 0 amide bonds. The van der Waals surface area contributed by atoms with Gasteiger partial charge in [0.25, 0.3) is 0 Å². The Morgan fingerprint density at radius 1 is 1.08 bits per heavy atom. The smallest absolute Gasteiger partial charge is 0.128 e. The molecule has 0 spiro atoms. The van der Waals surface area contributed by atoms with Gasteiger partial charge in [0.1, 0.15) is 18.2 Å². The summed E-state index contributed by atoms with van der Waals surface area (Å²) in [5.41, 5.74) is 3.50. The van der Waals surface area contributed by atoms with Crippen molar-refractivity contribution in [1.82, 2.24) is 0 Å². The van der Waals surface area contributed by atoms with Gasteiger partial charge in [-0.2, -0.15) is 0 Å². The maximum atomic E-state index is 13.0. The third kappa shape index (κ3) is 4.93. The summed E-state index contributed by atoms with van der Waals surface area (Å²) in [4.78, 5) is 4.49. The van der Waals surface area contributed by atoms with Crippen LogP contribution in [0.2, 0.25) is 5.02 Å². The Morgan fingerprint density at radius 2 is 1.85 bits per heavy atom. The number of nitrogens with zero attached hydrogens (tertiary/aromatic N) is 1. The molecule has 3 rings (SSSR count). The molecule has 0 aliphatic carbocycles. The van der Waals surface area contributed by atoms with Crippen LogP contribution in [0.4, 0.5) is 10.1 Å². The van der Waals surface area contributed by atoms with Gasteiger partial charge in [-0.15, -0.1) is 0 Å². The summed E-state index contributed by atoms with van der Waals surface area (Å²) in [5, 5.41) is 0.682. The van der Waals surface area contributed by atoms with Gasteiger partial charge in [0.2, 0.25) is 0 Å². The minimum atomic E-state index is -0.262. The van der Waals surface area contributed by atoms with Gasteiger partial charge < -0.3 is 4.74 Å². The van der Waals surface area contributed by atoms with Crippen molar-refractivity contribution < 1.29 is 9.13 Å². The fourth-order valence-electron chi connectivity index (χ4n) is 2.30. The SMILES string of the molecule is Cc1ccc(N=Cc2cc(Br)ccc2OCc2ccc(F)cc2)cc1Cl. The van der Waals surface area contributed by atoms with E-state index in [9.17, 15) is 4.39 Å². The Hall–Kier alpha value is -2.17. The Labute approximate surface area is 165 Å². The van der Waals surface area contributed by atoms with E-state index in [1.807, 2.05) is 43.3 Å². The molecule has 2 nitrogen and oxygen atoms in total. The van der Waals surface area contributed by atoms with E-state index >= 15 is 0 Å². The number of halogens is 3. The largest absolute Gasteiger partial charge is 0.488 e. The molecule has 0 aliphatic rings. The predicted molar refractivity (Wildman–Crippen MR) is 108 cm³/mol. The second-order valence-corrected chi connectivity index (χ2v) is 7.11. The Bertz CT molecular complexity index is 941. The van der Waals surface area contributed by atoms with E-state index in [0.29, 0.717) is 17.4 Å². The lowest BCUT2D eigenvalue weighted by atomic mass is 10.2. The normalized spacial score (nSPS) is 11.1. The standard InChI is InChI=1S/C21H16BrClFNO/c1-14-2-8-19(11-20(14)23)25-12-16-10-17(22)5-9-21(16)26-13-15-3-6-18(24)7-4-15/h2-12H,13H2,1H3. The minimum absolute atomic E-state index is 0.262. The van der Waals surface area contributed by atoms with Crippen LogP contribution >= 0.6 is 27.5 Å². The Kier molecular flexibility index (Phi) is 6.07. The molecular formula is C21H16BrClFNO. The van der Waals surface area contributed by atoms with Crippen LogP contribution in [-0.2, 0) is 6.61 Å². The van der Waals surface area contributed by atoms with Crippen molar-refractivity contribution in [3.63, 3.8) is 0 Å². The third-order valence-electron chi connectivity index (χ3n) is 3.79. The summed E-state index contributed by atoms with van der Waals surface area (Å²) in [7, 11) is 0. The summed E-state index contributed by atoms with van der Waals surface area (Å²) in [6.45, 7) is 2.30. The fraction of sp³-hybridized carbons (Fsp3) is 0.0952. The van der Waals surface area contributed by atoms with Gasteiger partial charge in [-0.05, 0) is 60.5 Å². The quantitative estimate of drug-likeness (QED) is 0.403. The van der Waals surface area contributed by atoms with Gasteiger partial charge in [-0.3, -0.25) is 4.99 Å². The van der Waals surface area contributed by atoms with Crippen molar-refractivity contribution in [2.24, 2.45) is 4.99 Å². The number of ether oxygens (including phenoxy) is 1. The molecule has 0 aromatic heterocycles. The maximum absolute atomic E-state index is 13.0. The predicted octanol–water partition coefficient (Wildman–Crippen LogP) is 6.88. The van der Waals surface area contributed by atoms with Gasteiger partial charge in [-0.25, -0.2) is 4.39 Å². The zero-order valence-electron chi connectivity index (χ0n) is 14.0. The zero-order valence-corrected chi connectivity index (χ0v) is 16.4. The molecule has 0 saturated carbocycles. The molecule has 26 heavy (non-hydrogen) atoms. The van der Waals surface area contributed by atoms with Crippen molar-refractivity contribution in [2.45, 2.75) is 13.5 Å². The second kappa shape index (κ2) is 8.47. The highest BCUT2D eigenvalue weighted by Crippen LogP contribution is 2.25. The van der Waals surface area contributed by atoms with E-state index in [0.717, 1.165) is 26.9 Å². The molecule has 0 saturated heterocycles. The van der Waals surface area contributed by atoms with Crippen LogP contribution in [0.5, 0.6) is 5.75 Å². The molecule has 3 aromatic rings. The molecule has 0 unspecified atom stereocenters. The van der Waals surface area contributed by atoms with Crippen molar-refractivity contribution in [2.75, 3.05) is 0 Å². The number of hydrogen-bond acceptors (Lipinski definition) is 2. The van der Waals surface area contributed by atoms with Gasteiger partial charge in [0, 0.05) is 21.3 Å². The summed E-state index contributed by atoms with van der Waals surface area (Å²) < 4.78 is 19.8. The minimum Gasteiger partial charge on any atom is -0.488 e. The number of hydrogen-bond donors (Lipinski definition) is 0. The van der Waals surface area contributed by atoms with Gasteiger partial charge in [0.05, 0.1) is 5.69 Å². The van der Waals surface area contributed by atoms with Gasteiger partial charge in [-0.1, -0.05) is 45.7 Å². The van der Waals surface area contributed by atoms with E-state index in [1.165, 1.54) is 12.1 Å². The molecule has 0 N–H and O–H groups in total. The highest BCUT2D eigenvalue weighted by molar-refractivity contribution is 9.10. The van der Waals surface area contributed by atoms with Crippen LogP contribution in [0.1, 0.15) is 16.7 Å². The van der Waals surface area contributed by atoms with Crippen LogP contribution in [0.15, 0.2) is 70.1 Å². The van der Waals surface area contributed by atoms with Crippen molar-refractivity contribution in [3.8, 4) is 5.75 Å². The number of benzene rings is 3. The van der Waals surface area contributed by atoms with Crippen LogP contribution < -0.4 is 4.74 Å². The first-order chi connectivity index (χ1) is 12.5. The lowest BCUT2D eigenvalue weighted by Gasteiger charge is -2.10. The lowest BCUT2D eigenvalue weighted by molar-refractivity contribution is 0.305. The first-order valence-corrected chi connectivity index (χ1v) is 9.15. The summed E-state index contributed by atoms with van der Waals surface area (Å²) in [6, 6.07) is 17.6. The number of rotatable bonds is 5. The van der Waals surface area contributed by atoms with E-state index in [1.54, 1.807) is 18.3 Å². The van der Waals surface area contributed by atoms with E-state index in [2.05, 4.69) is 20.9 Å². The van der Waals surface area contributed by atoms with Crippen LogP contribution in [0, 0.1) is 12.7 Å². The number of aryl methyl sites for hydroxylation is 1. The van der Waals surface area contributed by atoms with Crippen LogP contribution in [0.3, 0.4) is 0 Å². The third-order valence-corrected chi connectivity index (χ3v) is 4.69. The molecule has 0 bridgehead atoms. The monoisotopic (exact) mass is 431 g/mol. The number of aliphatic imine (C=N–C) groups is 1. The van der Waals surface area contributed by atoms with E-state index in [-0.39, 0.29) is 5.82 Å². The van der Waals surface area contributed by atoms with Gasteiger partial charge >= 0.3 is 0 Å². The summed E-state index contributed by atoms with van der Waals surface area (Å²) in [6.07, 6.45) is 1.74. The molecule has 3 aromatic carbocycles. The van der Waals surface area contributed by atoms with E-state index < -0.39 is 0 Å². The lowest BCUT2D eigenvalue weighted by Crippen LogP contribution is -1.98. The topological polar surface area (TPSA) is 21.6 Å². The van der Waals surface area contributed by atoms with E-state index in [4.69, 9.17) is 16.3 Å². The summed E-state index contributed by atoms with van der Waals surface area (Å²) in [5.74, 6) is 0.432. The molecule has 0 radical (unpaired) electrons. The van der Waals surface area contributed by atoms with Crippen molar-refractivity contribution in [1.29, 1.82) is 0 Å². The molecular weight excluding hydrogens is 417 g/mol. The Balaban J connectivity index is 1.79. The van der Waals surface area contributed by atoms with Crippen LogP contribution in [0.25, 0.3) is 0 Å². The Morgan fingerprint density at radius 3 is 2.58 bits per heavy atom. The molecule has 0 atom stereocenters. The molecule has 132 valence electrons. The van der Waals surface area contributed by atoms with Crippen molar-refractivity contribution in [3.05, 3.63) is 92.7 Å². The second-order valence-electron chi connectivity index (χ2n) is 5.79. The first-order valence-electron chi connectivity index (χ1n) is 7.98. The fourth-order valence-corrected chi connectivity index (χ4v) is 2.85. The molecule has 0 heterocycles. The van der Waals surface area contributed by atoms with Crippen LogP contribution in [-0.4, -0.2) is 6.21 Å². The average molecular weight is 433 g/mol. The van der Waals surface area contributed by atoms with Gasteiger partial charge in [0.15, 0.2) is 0 Å². The highest BCUT2D eigenvalue weighted by Gasteiger charge is 2.04. The zero-order chi connectivity index (χ0) is 18.5. The average Bonchev–Trinajstić information content (AvgIpc) is 2.63. The molecule has 0 fully saturated rings. The van der Waals surface area contributed by atoms with Crippen molar-refractivity contribution >= 4 is 39.4 Å². The summed E-state index contributed by atoms with van der Waals surface area (Å²) >= 11 is 9.62. The molecule has 0 aliphatic heterocycles. The first kappa shape index (κ1) is 18.6. The highest BCUT2D eigenvalue weighted by atomic mass is 79.9.